The number of esters is 1. The summed E-state index contributed by atoms with van der Waals surface area (Å²) in [6.45, 7) is 5.00. The van der Waals surface area contributed by atoms with Crippen LogP contribution in [0.1, 0.15) is 412 Å². The monoisotopic (exact) mass is 1070 g/mol. The number of amides is 1. The molecule has 0 aliphatic heterocycles. The Morgan fingerprint density at radius 1 is 0.316 bits per heavy atom. The number of nitrogens with one attached hydrogen (secondary N) is 1. The highest BCUT2D eigenvalue weighted by Crippen LogP contribution is 2.20. The summed E-state index contributed by atoms with van der Waals surface area (Å²) in [4.78, 5) is 24.6. The number of ether oxygens (including phenoxy) is 1. The van der Waals surface area contributed by atoms with Crippen LogP contribution < -0.4 is 5.32 Å². The highest BCUT2D eigenvalue weighted by atomic mass is 16.5. The Kier molecular flexibility index (Phi) is 65.4. The zero-order chi connectivity index (χ0) is 55.0. The van der Waals surface area contributed by atoms with E-state index in [2.05, 4.69) is 19.2 Å². The molecule has 0 aliphatic rings. The molecule has 0 aromatic rings. The van der Waals surface area contributed by atoms with E-state index >= 15 is 0 Å². The second-order valence-corrected chi connectivity index (χ2v) is 24.6. The predicted molar refractivity (Wildman–Crippen MR) is 334 cm³/mol. The van der Waals surface area contributed by atoms with Gasteiger partial charge in [0.25, 0.3) is 0 Å². The van der Waals surface area contributed by atoms with Crippen LogP contribution >= 0.6 is 0 Å². The summed E-state index contributed by atoms with van der Waals surface area (Å²) in [5, 5.41) is 23.4. The van der Waals surface area contributed by atoms with E-state index in [-0.39, 0.29) is 18.5 Å². The van der Waals surface area contributed by atoms with Crippen molar-refractivity contribution < 1.29 is 24.5 Å². The molecule has 0 spiro atoms. The van der Waals surface area contributed by atoms with Gasteiger partial charge in [0.15, 0.2) is 0 Å². The highest BCUT2D eigenvalue weighted by molar-refractivity contribution is 5.76. The van der Waals surface area contributed by atoms with E-state index in [0.717, 1.165) is 38.5 Å². The molecule has 454 valence electrons. The lowest BCUT2D eigenvalue weighted by molar-refractivity contribution is -0.143. The van der Waals surface area contributed by atoms with Crippen LogP contribution in [-0.2, 0) is 14.3 Å². The first-order valence-corrected chi connectivity index (χ1v) is 35.3. The molecule has 0 fully saturated rings. The summed E-state index contributed by atoms with van der Waals surface area (Å²) in [6, 6.07) is -0.537. The van der Waals surface area contributed by atoms with Crippen molar-refractivity contribution in [3.05, 3.63) is 0 Å². The van der Waals surface area contributed by atoms with Gasteiger partial charge in [-0.1, -0.05) is 373 Å². The summed E-state index contributed by atoms with van der Waals surface area (Å²) >= 11 is 0. The van der Waals surface area contributed by atoms with Crippen molar-refractivity contribution in [3.63, 3.8) is 0 Å². The number of aliphatic hydroxyl groups excluding tert-OH is 2. The molecule has 6 nitrogen and oxygen atoms in total. The second kappa shape index (κ2) is 66.4. The minimum Gasteiger partial charge on any atom is -0.466 e. The van der Waals surface area contributed by atoms with Crippen molar-refractivity contribution >= 4 is 11.9 Å². The van der Waals surface area contributed by atoms with Gasteiger partial charge >= 0.3 is 5.97 Å². The zero-order valence-corrected chi connectivity index (χ0v) is 52.0. The van der Waals surface area contributed by atoms with Crippen molar-refractivity contribution in [3.8, 4) is 0 Å². The average Bonchev–Trinajstić information content (AvgIpc) is 3.42. The Labute approximate surface area is 476 Å². The Balaban J connectivity index is 3.31. The van der Waals surface area contributed by atoms with Gasteiger partial charge in [-0.25, -0.2) is 0 Å². The lowest BCUT2D eigenvalue weighted by Crippen LogP contribution is -2.45. The van der Waals surface area contributed by atoms with Crippen LogP contribution in [0.25, 0.3) is 0 Å². The molecular weight excluding hydrogens is 935 g/mol. The minimum absolute atomic E-state index is 0.0228. The predicted octanol–water partition coefficient (Wildman–Crippen LogP) is 22.6. The van der Waals surface area contributed by atoms with Crippen molar-refractivity contribution in [2.45, 2.75) is 424 Å². The molecule has 0 radical (unpaired) electrons. The molecule has 0 saturated carbocycles. The molecule has 0 rings (SSSR count). The molecule has 0 bridgehead atoms. The van der Waals surface area contributed by atoms with Gasteiger partial charge in [-0.3, -0.25) is 9.59 Å². The summed E-state index contributed by atoms with van der Waals surface area (Å²) in [7, 11) is 0. The Morgan fingerprint density at radius 2 is 0.539 bits per heavy atom. The minimum atomic E-state index is -0.660. The van der Waals surface area contributed by atoms with Crippen molar-refractivity contribution in [1.29, 1.82) is 0 Å². The van der Waals surface area contributed by atoms with Gasteiger partial charge in [-0.15, -0.1) is 0 Å². The Bertz CT molecular complexity index is 1100. The molecule has 0 saturated heterocycles. The van der Waals surface area contributed by atoms with Crippen molar-refractivity contribution in [2.24, 2.45) is 0 Å². The number of carbonyl (C=O) groups excluding carboxylic acids is 2. The lowest BCUT2D eigenvalue weighted by Gasteiger charge is -2.22. The average molecular weight is 1070 g/mol. The first kappa shape index (κ1) is 74.9. The maximum atomic E-state index is 12.5. The van der Waals surface area contributed by atoms with E-state index in [9.17, 15) is 19.8 Å². The smallest absolute Gasteiger partial charge is 0.305 e. The third-order valence-corrected chi connectivity index (χ3v) is 16.9. The van der Waals surface area contributed by atoms with Crippen LogP contribution in [0.15, 0.2) is 0 Å². The standard InChI is InChI=1S/C70H139NO5/c1-3-5-7-9-11-13-15-17-18-35-39-42-46-50-54-58-62-68(73)67(66-72)71-69(74)63-59-55-51-47-43-40-36-33-31-29-27-25-23-21-19-20-22-24-26-28-30-32-34-37-41-45-49-53-57-61-65-76-70(75)64-60-56-52-48-44-38-16-14-12-10-8-6-4-2/h67-68,72-73H,3-66H2,1-2H3,(H,71,74). The fraction of sp³-hybridized carbons (Fsp3) is 0.971. The largest absolute Gasteiger partial charge is 0.466 e. The normalized spacial score (nSPS) is 12.4. The number of unbranched alkanes of at least 4 members (excludes halogenated alkanes) is 56. The molecule has 3 N–H and O–H groups in total. The SMILES string of the molecule is CCCCCCCCCCCCCCCCCCC(O)C(CO)NC(=O)CCCCCCCCCCCCCCCCCCCCCCCCCCCCCCCCOC(=O)CCCCCCCCCCCCCCC. The van der Waals surface area contributed by atoms with E-state index in [1.807, 2.05) is 0 Å². The highest BCUT2D eigenvalue weighted by Gasteiger charge is 2.20. The summed E-state index contributed by atoms with van der Waals surface area (Å²) in [5.41, 5.74) is 0. The van der Waals surface area contributed by atoms with E-state index in [1.54, 1.807) is 0 Å². The van der Waals surface area contributed by atoms with Crippen LogP contribution in [0.2, 0.25) is 0 Å². The molecule has 0 aliphatic carbocycles. The molecule has 0 aromatic heterocycles. The molecule has 1 amide bonds. The number of hydrogen-bond donors (Lipinski definition) is 3. The van der Waals surface area contributed by atoms with E-state index < -0.39 is 12.1 Å². The topological polar surface area (TPSA) is 95.9 Å². The first-order valence-electron chi connectivity index (χ1n) is 35.3. The quantitative estimate of drug-likeness (QED) is 0.0417. The van der Waals surface area contributed by atoms with Gasteiger partial charge in [0.05, 0.1) is 25.4 Å². The van der Waals surface area contributed by atoms with Gasteiger partial charge < -0.3 is 20.3 Å². The second-order valence-electron chi connectivity index (χ2n) is 24.6. The maximum absolute atomic E-state index is 12.5. The van der Waals surface area contributed by atoms with Gasteiger partial charge in [-0.05, 0) is 25.7 Å². The van der Waals surface area contributed by atoms with E-state index in [4.69, 9.17) is 4.74 Å². The van der Waals surface area contributed by atoms with E-state index in [1.165, 1.54) is 340 Å². The van der Waals surface area contributed by atoms with Crippen LogP contribution in [0.3, 0.4) is 0 Å². The lowest BCUT2D eigenvalue weighted by atomic mass is 10.0. The fourth-order valence-corrected chi connectivity index (χ4v) is 11.5. The summed E-state index contributed by atoms with van der Waals surface area (Å²) in [5.74, 6) is -0.00414. The first-order chi connectivity index (χ1) is 37.5. The molecular formula is C70H139NO5. The molecule has 6 heteroatoms. The van der Waals surface area contributed by atoms with Gasteiger partial charge in [0.2, 0.25) is 5.91 Å². The molecule has 0 aromatic carbocycles. The van der Waals surface area contributed by atoms with Crippen LogP contribution in [0, 0.1) is 0 Å². The van der Waals surface area contributed by atoms with Crippen molar-refractivity contribution in [2.75, 3.05) is 13.2 Å². The van der Waals surface area contributed by atoms with Crippen molar-refractivity contribution in [1.82, 2.24) is 5.32 Å². The fourth-order valence-electron chi connectivity index (χ4n) is 11.5. The third kappa shape index (κ3) is 62.1. The van der Waals surface area contributed by atoms with Gasteiger partial charge in [-0.2, -0.15) is 0 Å². The number of hydrogen-bond acceptors (Lipinski definition) is 5. The Hall–Kier alpha value is -1.14. The molecule has 2 unspecified atom stereocenters. The van der Waals surface area contributed by atoms with Crippen LogP contribution in [0.4, 0.5) is 0 Å². The molecule has 2 atom stereocenters. The number of carbonyl (C=O) groups is 2. The van der Waals surface area contributed by atoms with E-state index in [0.29, 0.717) is 25.9 Å². The number of aliphatic hydroxyl groups is 2. The zero-order valence-electron chi connectivity index (χ0n) is 52.0. The van der Waals surface area contributed by atoms with Gasteiger partial charge in [0, 0.05) is 12.8 Å². The van der Waals surface area contributed by atoms with Crippen LogP contribution in [0.5, 0.6) is 0 Å². The third-order valence-electron chi connectivity index (χ3n) is 16.9. The molecule has 76 heavy (non-hydrogen) atoms. The Morgan fingerprint density at radius 3 is 0.803 bits per heavy atom. The maximum Gasteiger partial charge on any atom is 0.305 e. The summed E-state index contributed by atoms with van der Waals surface area (Å²) < 4.78 is 5.49. The van der Waals surface area contributed by atoms with Crippen LogP contribution in [-0.4, -0.2) is 47.4 Å². The number of rotatable bonds is 67. The summed E-state index contributed by atoms with van der Waals surface area (Å²) in [6.07, 6.45) is 80.1. The molecule has 0 heterocycles. The van der Waals surface area contributed by atoms with Gasteiger partial charge in [0.1, 0.15) is 0 Å².